The van der Waals surface area contributed by atoms with Crippen molar-refractivity contribution in [1.29, 1.82) is 0 Å². The van der Waals surface area contributed by atoms with Gasteiger partial charge in [-0.3, -0.25) is 4.79 Å². The summed E-state index contributed by atoms with van der Waals surface area (Å²) in [6.45, 7) is 9.04. The van der Waals surface area contributed by atoms with E-state index in [-0.39, 0.29) is 5.91 Å². The zero-order chi connectivity index (χ0) is 18.8. The van der Waals surface area contributed by atoms with E-state index in [4.69, 9.17) is 4.74 Å². The molecule has 0 N–H and O–H groups in total. The quantitative estimate of drug-likeness (QED) is 0.673. The highest BCUT2D eigenvalue weighted by Gasteiger charge is 2.22. The molecular formula is C20H23N3O2S. The first-order chi connectivity index (χ1) is 12.4. The van der Waals surface area contributed by atoms with Crippen LogP contribution in [0.3, 0.4) is 0 Å². The Hall–Kier alpha value is -2.47. The molecule has 26 heavy (non-hydrogen) atoms. The molecule has 0 saturated carbocycles. The fraction of sp³-hybridized carbons (Fsp3) is 0.350. The Balaban J connectivity index is 1.92. The molecule has 6 heteroatoms. The third-order valence-corrected chi connectivity index (χ3v) is 5.65. The molecule has 0 aliphatic rings. The van der Waals surface area contributed by atoms with Crippen LogP contribution in [-0.2, 0) is 6.54 Å². The third-order valence-electron chi connectivity index (χ3n) is 4.48. The van der Waals surface area contributed by atoms with Crippen molar-refractivity contribution >= 4 is 27.5 Å². The lowest BCUT2D eigenvalue weighted by molar-refractivity contribution is 0.0757. The number of carbonyl (C=O) groups is 1. The van der Waals surface area contributed by atoms with Crippen molar-refractivity contribution in [2.24, 2.45) is 0 Å². The van der Waals surface area contributed by atoms with E-state index in [0.29, 0.717) is 13.1 Å². The lowest BCUT2D eigenvalue weighted by atomic mass is 10.1. The number of hydrogen-bond acceptors (Lipinski definition) is 5. The number of amides is 1. The number of rotatable bonds is 5. The lowest BCUT2D eigenvalue weighted by Gasteiger charge is -2.21. The van der Waals surface area contributed by atoms with Crippen LogP contribution in [0.2, 0.25) is 0 Å². The largest absolute Gasteiger partial charge is 0.497 e. The van der Waals surface area contributed by atoms with Gasteiger partial charge in [-0.25, -0.2) is 9.97 Å². The van der Waals surface area contributed by atoms with Gasteiger partial charge in [0, 0.05) is 24.2 Å². The minimum Gasteiger partial charge on any atom is -0.497 e. The van der Waals surface area contributed by atoms with Crippen molar-refractivity contribution in [2.45, 2.75) is 34.2 Å². The van der Waals surface area contributed by atoms with Gasteiger partial charge >= 0.3 is 0 Å². The number of nitrogens with zero attached hydrogens (tertiary/aromatic N) is 3. The number of aromatic nitrogens is 2. The van der Waals surface area contributed by atoms with Crippen LogP contribution in [0.15, 0.2) is 24.3 Å². The van der Waals surface area contributed by atoms with Gasteiger partial charge in [-0.2, -0.15) is 0 Å². The van der Waals surface area contributed by atoms with Gasteiger partial charge in [0.15, 0.2) is 0 Å². The van der Waals surface area contributed by atoms with Gasteiger partial charge in [-0.15, -0.1) is 11.3 Å². The van der Waals surface area contributed by atoms with E-state index in [1.807, 2.05) is 56.9 Å². The van der Waals surface area contributed by atoms with Crippen molar-refractivity contribution < 1.29 is 9.53 Å². The molecule has 0 aliphatic heterocycles. The SMILES string of the molecule is CCN(Cc1ccc(OC)cc1)C(=O)c1sc2nc(C)nc(C)c2c1C. The Bertz CT molecular complexity index is 948. The highest BCUT2D eigenvalue weighted by molar-refractivity contribution is 7.20. The summed E-state index contributed by atoms with van der Waals surface area (Å²) in [6, 6.07) is 7.82. The molecule has 0 bridgehead atoms. The van der Waals surface area contributed by atoms with Crippen LogP contribution >= 0.6 is 11.3 Å². The molecule has 0 atom stereocenters. The predicted molar refractivity (Wildman–Crippen MR) is 105 cm³/mol. The van der Waals surface area contributed by atoms with Crippen LogP contribution in [0.25, 0.3) is 10.2 Å². The first-order valence-electron chi connectivity index (χ1n) is 8.61. The summed E-state index contributed by atoms with van der Waals surface area (Å²) in [4.78, 5) is 25.6. The number of carbonyl (C=O) groups excluding carboxylic acids is 1. The zero-order valence-electron chi connectivity index (χ0n) is 15.8. The molecule has 3 aromatic rings. The molecular weight excluding hydrogens is 346 g/mol. The lowest BCUT2D eigenvalue weighted by Crippen LogP contribution is -2.30. The summed E-state index contributed by atoms with van der Waals surface area (Å²) in [5.74, 6) is 1.59. The Morgan fingerprint density at radius 2 is 1.85 bits per heavy atom. The standard InChI is InChI=1S/C20H23N3O2S/c1-6-23(11-15-7-9-16(25-5)10-8-15)20(24)18-12(2)17-13(3)21-14(4)22-19(17)26-18/h7-10H,6,11H2,1-5H3. The Labute approximate surface area is 157 Å². The summed E-state index contributed by atoms with van der Waals surface area (Å²) in [5.41, 5.74) is 2.98. The number of thiophene rings is 1. The van der Waals surface area contributed by atoms with E-state index < -0.39 is 0 Å². The number of benzene rings is 1. The maximum atomic E-state index is 13.2. The number of hydrogen-bond donors (Lipinski definition) is 0. The van der Waals surface area contributed by atoms with Gasteiger partial charge in [0.05, 0.1) is 12.0 Å². The summed E-state index contributed by atoms with van der Waals surface area (Å²) >= 11 is 1.46. The Morgan fingerprint density at radius 3 is 2.46 bits per heavy atom. The molecule has 2 heterocycles. The molecule has 0 saturated heterocycles. The number of ether oxygens (including phenoxy) is 1. The van der Waals surface area contributed by atoms with Gasteiger partial charge in [0.2, 0.25) is 0 Å². The second-order valence-electron chi connectivity index (χ2n) is 6.26. The van der Waals surface area contributed by atoms with E-state index in [1.54, 1.807) is 7.11 Å². The van der Waals surface area contributed by atoms with Crippen LogP contribution in [0.4, 0.5) is 0 Å². The van der Waals surface area contributed by atoms with Gasteiger partial charge in [-0.1, -0.05) is 12.1 Å². The summed E-state index contributed by atoms with van der Waals surface area (Å²) < 4.78 is 5.20. The molecule has 3 rings (SSSR count). The molecule has 0 unspecified atom stereocenters. The second kappa shape index (κ2) is 7.41. The van der Waals surface area contributed by atoms with Crippen molar-refractivity contribution in [1.82, 2.24) is 14.9 Å². The highest BCUT2D eigenvalue weighted by Crippen LogP contribution is 2.32. The monoisotopic (exact) mass is 369 g/mol. The summed E-state index contributed by atoms with van der Waals surface area (Å²) in [6.07, 6.45) is 0. The van der Waals surface area contributed by atoms with Crippen LogP contribution in [0.1, 0.15) is 39.2 Å². The molecule has 0 aliphatic carbocycles. The molecule has 136 valence electrons. The van der Waals surface area contributed by atoms with Crippen LogP contribution < -0.4 is 4.74 Å². The van der Waals surface area contributed by atoms with E-state index in [1.165, 1.54) is 11.3 Å². The molecule has 1 aromatic carbocycles. The maximum absolute atomic E-state index is 13.2. The van der Waals surface area contributed by atoms with Crippen LogP contribution in [0, 0.1) is 20.8 Å². The molecule has 5 nitrogen and oxygen atoms in total. The predicted octanol–water partition coefficient (Wildman–Crippen LogP) is 4.29. The Kier molecular flexibility index (Phi) is 5.23. The van der Waals surface area contributed by atoms with Crippen LogP contribution in [0.5, 0.6) is 5.75 Å². The number of methoxy groups -OCH3 is 1. The number of aryl methyl sites for hydroxylation is 3. The average Bonchev–Trinajstić information content (AvgIpc) is 2.96. The van der Waals surface area contributed by atoms with Crippen molar-refractivity contribution in [3.05, 3.63) is 51.8 Å². The van der Waals surface area contributed by atoms with Crippen molar-refractivity contribution in [2.75, 3.05) is 13.7 Å². The maximum Gasteiger partial charge on any atom is 0.264 e. The van der Waals surface area contributed by atoms with Crippen molar-refractivity contribution in [3.8, 4) is 5.75 Å². The normalized spacial score (nSPS) is 11.0. The number of fused-ring (bicyclic) bond motifs is 1. The van der Waals surface area contributed by atoms with Crippen LogP contribution in [-0.4, -0.2) is 34.4 Å². The molecule has 2 aromatic heterocycles. The summed E-state index contributed by atoms with van der Waals surface area (Å²) in [5, 5.41) is 1.00. The zero-order valence-corrected chi connectivity index (χ0v) is 16.6. The van der Waals surface area contributed by atoms with E-state index in [9.17, 15) is 4.79 Å². The highest BCUT2D eigenvalue weighted by atomic mass is 32.1. The first-order valence-corrected chi connectivity index (χ1v) is 9.42. The topological polar surface area (TPSA) is 55.3 Å². The summed E-state index contributed by atoms with van der Waals surface area (Å²) in [7, 11) is 1.65. The molecule has 1 amide bonds. The molecule has 0 radical (unpaired) electrons. The van der Waals surface area contributed by atoms with E-state index in [2.05, 4.69) is 9.97 Å². The van der Waals surface area contributed by atoms with Crippen molar-refractivity contribution in [3.63, 3.8) is 0 Å². The minimum atomic E-state index is 0.0425. The fourth-order valence-corrected chi connectivity index (χ4v) is 4.35. The van der Waals surface area contributed by atoms with E-state index >= 15 is 0 Å². The fourth-order valence-electron chi connectivity index (χ4n) is 3.10. The van der Waals surface area contributed by atoms with E-state index in [0.717, 1.165) is 43.5 Å². The van der Waals surface area contributed by atoms with Gasteiger partial charge in [0.25, 0.3) is 5.91 Å². The smallest absolute Gasteiger partial charge is 0.264 e. The molecule has 0 spiro atoms. The van der Waals surface area contributed by atoms with Gasteiger partial charge in [0.1, 0.15) is 16.4 Å². The van der Waals surface area contributed by atoms with Gasteiger partial charge in [-0.05, 0) is 51.0 Å². The Morgan fingerprint density at radius 1 is 1.15 bits per heavy atom. The minimum absolute atomic E-state index is 0.0425. The first kappa shape index (κ1) is 18.3. The average molecular weight is 369 g/mol. The third kappa shape index (κ3) is 3.42. The molecule has 0 fully saturated rings. The van der Waals surface area contributed by atoms with Gasteiger partial charge < -0.3 is 9.64 Å². The second-order valence-corrected chi connectivity index (χ2v) is 7.26.